The first kappa shape index (κ1) is 14.6. The average molecular weight is 345 g/mol. The van der Waals surface area contributed by atoms with Crippen LogP contribution in [0.3, 0.4) is 0 Å². The number of hydrogen-bond acceptors (Lipinski definition) is 2. The third-order valence-corrected chi connectivity index (χ3v) is 3.16. The van der Waals surface area contributed by atoms with Gasteiger partial charge in [0.1, 0.15) is 11.6 Å². The highest BCUT2D eigenvalue weighted by atomic mass is 79.9. The number of carbonyl (C=O) groups excluding carboxylic acids is 1. The molecule has 20 heavy (non-hydrogen) atoms. The standard InChI is InChI=1S/C14H8BrF3O2/c15-10-6-3-5-9(12(10)16)13(19)8-4-1-2-7-11(8)20-14(17)18/h1-7,14H. The summed E-state index contributed by atoms with van der Waals surface area (Å²) in [4.78, 5) is 12.2. The number of rotatable bonds is 4. The van der Waals surface area contributed by atoms with E-state index in [1.807, 2.05) is 0 Å². The van der Waals surface area contributed by atoms with Crippen molar-refractivity contribution in [2.75, 3.05) is 0 Å². The summed E-state index contributed by atoms with van der Waals surface area (Å²) in [7, 11) is 0. The van der Waals surface area contributed by atoms with Gasteiger partial charge >= 0.3 is 6.61 Å². The minimum Gasteiger partial charge on any atom is -0.434 e. The van der Waals surface area contributed by atoms with Crippen molar-refractivity contribution in [2.24, 2.45) is 0 Å². The van der Waals surface area contributed by atoms with Crippen LogP contribution < -0.4 is 4.74 Å². The van der Waals surface area contributed by atoms with Gasteiger partial charge in [-0.05, 0) is 40.2 Å². The van der Waals surface area contributed by atoms with Gasteiger partial charge in [-0.25, -0.2) is 4.39 Å². The van der Waals surface area contributed by atoms with Crippen LogP contribution in [0, 0.1) is 5.82 Å². The predicted octanol–water partition coefficient (Wildman–Crippen LogP) is 4.42. The van der Waals surface area contributed by atoms with Crippen molar-refractivity contribution >= 4 is 21.7 Å². The van der Waals surface area contributed by atoms with E-state index in [4.69, 9.17) is 0 Å². The van der Waals surface area contributed by atoms with Crippen LogP contribution in [0.5, 0.6) is 5.75 Å². The molecule has 2 aromatic carbocycles. The lowest BCUT2D eigenvalue weighted by atomic mass is 10.0. The van der Waals surface area contributed by atoms with Crippen molar-refractivity contribution < 1.29 is 22.7 Å². The van der Waals surface area contributed by atoms with Gasteiger partial charge in [0.2, 0.25) is 0 Å². The molecule has 0 amide bonds. The van der Waals surface area contributed by atoms with Gasteiger partial charge in [-0.1, -0.05) is 18.2 Å². The SMILES string of the molecule is O=C(c1ccccc1OC(F)F)c1cccc(Br)c1F. The van der Waals surface area contributed by atoms with Gasteiger partial charge in [-0.15, -0.1) is 0 Å². The van der Waals surface area contributed by atoms with Crippen LogP contribution in [0.15, 0.2) is 46.9 Å². The second-order valence-electron chi connectivity index (χ2n) is 3.81. The Morgan fingerprint density at radius 3 is 2.40 bits per heavy atom. The summed E-state index contributed by atoms with van der Waals surface area (Å²) < 4.78 is 42.9. The highest BCUT2D eigenvalue weighted by Crippen LogP contribution is 2.26. The molecule has 2 aromatic rings. The molecule has 0 spiro atoms. The number of halogens is 4. The second-order valence-corrected chi connectivity index (χ2v) is 4.66. The summed E-state index contributed by atoms with van der Waals surface area (Å²) in [6.45, 7) is -3.06. The zero-order chi connectivity index (χ0) is 14.7. The normalized spacial score (nSPS) is 10.7. The van der Waals surface area contributed by atoms with Gasteiger partial charge in [0.25, 0.3) is 0 Å². The molecule has 0 heterocycles. The van der Waals surface area contributed by atoms with Gasteiger partial charge in [0, 0.05) is 0 Å². The third kappa shape index (κ3) is 3.01. The molecule has 0 aliphatic rings. The molecule has 0 atom stereocenters. The molecule has 0 saturated carbocycles. The van der Waals surface area contributed by atoms with Gasteiger partial charge in [-0.2, -0.15) is 8.78 Å². The number of benzene rings is 2. The molecule has 0 fully saturated rings. The molecule has 0 saturated heterocycles. The fourth-order valence-corrected chi connectivity index (χ4v) is 2.04. The summed E-state index contributed by atoms with van der Waals surface area (Å²) >= 11 is 2.97. The predicted molar refractivity (Wildman–Crippen MR) is 70.6 cm³/mol. The van der Waals surface area contributed by atoms with Crippen molar-refractivity contribution in [2.45, 2.75) is 6.61 Å². The Bertz CT molecular complexity index is 644. The Morgan fingerprint density at radius 2 is 1.70 bits per heavy atom. The lowest BCUT2D eigenvalue weighted by molar-refractivity contribution is -0.0501. The van der Waals surface area contributed by atoms with E-state index in [2.05, 4.69) is 20.7 Å². The summed E-state index contributed by atoms with van der Waals surface area (Å²) in [6, 6.07) is 9.68. The van der Waals surface area contributed by atoms with Crippen molar-refractivity contribution in [1.82, 2.24) is 0 Å². The topological polar surface area (TPSA) is 26.3 Å². The molecule has 0 radical (unpaired) electrons. The van der Waals surface area contributed by atoms with Gasteiger partial charge in [-0.3, -0.25) is 4.79 Å². The van der Waals surface area contributed by atoms with Crippen LogP contribution in [0.1, 0.15) is 15.9 Å². The Morgan fingerprint density at radius 1 is 1.05 bits per heavy atom. The molecule has 0 N–H and O–H groups in total. The summed E-state index contributed by atoms with van der Waals surface area (Å²) in [5.74, 6) is -1.75. The first-order chi connectivity index (χ1) is 9.50. The van der Waals surface area contributed by atoms with Crippen molar-refractivity contribution in [1.29, 1.82) is 0 Å². The van der Waals surface area contributed by atoms with Crippen LogP contribution in [0.25, 0.3) is 0 Å². The minimum absolute atomic E-state index is 0.121. The summed E-state index contributed by atoms with van der Waals surface area (Å²) in [5.41, 5.74) is -0.338. The van der Waals surface area contributed by atoms with Crippen LogP contribution in [0.4, 0.5) is 13.2 Å². The van der Waals surface area contributed by atoms with E-state index in [-0.39, 0.29) is 21.3 Å². The van der Waals surface area contributed by atoms with E-state index >= 15 is 0 Å². The van der Waals surface area contributed by atoms with Crippen molar-refractivity contribution in [3.05, 3.63) is 63.9 Å². The molecular weight excluding hydrogens is 337 g/mol. The van der Waals surface area contributed by atoms with Gasteiger partial charge in [0.15, 0.2) is 5.78 Å². The van der Waals surface area contributed by atoms with Gasteiger partial charge < -0.3 is 4.74 Å². The molecule has 2 nitrogen and oxygen atoms in total. The number of carbonyl (C=O) groups is 1. The number of para-hydroxylation sites is 1. The van der Waals surface area contributed by atoms with E-state index in [1.165, 1.54) is 42.5 Å². The molecule has 0 aliphatic carbocycles. The van der Waals surface area contributed by atoms with Crippen molar-refractivity contribution in [3.8, 4) is 5.75 Å². The zero-order valence-corrected chi connectivity index (χ0v) is 11.5. The van der Waals surface area contributed by atoms with Crippen molar-refractivity contribution in [3.63, 3.8) is 0 Å². The fraction of sp³-hybridized carbons (Fsp3) is 0.0714. The highest BCUT2D eigenvalue weighted by molar-refractivity contribution is 9.10. The molecule has 0 unspecified atom stereocenters. The zero-order valence-electron chi connectivity index (χ0n) is 9.95. The summed E-state index contributed by atoms with van der Waals surface area (Å²) in [5, 5.41) is 0. The molecule has 104 valence electrons. The number of hydrogen-bond donors (Lipinski definition) is 0. The van der Waals surface area contributed by atoms with E-state index in [9.17, 15) is 18.0 Å². The monoisotopic (exact) mass is 344 g/mol. The molecule has 0 bridgehead atoms. The maximum Gasteiger partial charge on any atom is 0.387 e. The Kier molecular flexibility index (Phi) is 4.44. The summed E-state index contributed by atoms with van der Waals surface area (Å²) in [6.07, 6.45) is 0. The molecule has 6 heteroatoms. The van der Waals surface area contributed by atoms with Gasteiger partial charge in [0.05, 0.1) is 15.6 Å². The number of alkyl halides is 2. The average Bonchev–Trinajstić information content (AvgIpc) is 2.41. The smallest absolute Gasteiger partial charge is 0.387 e. The lowest BCUT2D eigenvalue weighted by Crippen LogP contribution is -2.10. The fourth-order valence-electron chi connectivity index (χ4n) is 1.68. The second kappa shape index (κ2) is 6.09. The first-order valence-electron chi connectivity index (χ1n) is 5.53. The Hall–Kier alpha value is -1.82. The number of ketones is 1. The highest BCUT2D eigenvalue weighted by Gasteiger charge is 2.20. The van der Waals surface area contributed by atoms with E-state index in [0.717, 1.165) is 0 Å². The largest absolute Gasteiger partial charge is 0.434 e. The quantitative estimate of drug-likeness (QED) is 0.767. The van der Waals surface area contributed by atoms with E-state index < -0.39 is 18.2 Å². The van der Waals surface area contributed by atoms with E-state index in [0.29, 0.717) is 0 Å². The molecule has 0 aromatic heterocycles. The van der Waals surface area contributed by atoms with Crippen LogP contribution in [-0.4, -0.2) is 12.4 Å². The Labute approximate surface area is 121 Å². The minimum atomic E-state index is -3.06. The van der Waals surface area contributed by atoms with Crippen LogP contribution in [0.2, 0.25) is 0 Å². The Balaban J connectivity index is 2.46. The molecule has 0 aliphatic heterocycles. The molecule has 2 rings (SSSR count). The third-order valence-electron chi connectivity index (χ3n) is 2.54. The number of ether oxygens (including phenoxy) is 1. The van der Waals surface area contributed by atoms with E-state index in [1.54, 1.807) is 0 Å². The first-order valence-corrected chi connectivity index (χ1v) is 6.32. The van der Waals surface area contributed by atoms with Crippen LogP contribution in [-0.2, 0) is 0 Å². The maximum atomic E-state index is 13.9. The van der Waals surface area contributed by atoms with Crippen LogP contribution >= 0.6 is 15.9 Å². The maximum absolute atomic E-state index is 13.9. The lowest BCUT2D eigenvalue weighted by Gasteiger charge is -2.10. The molecular formula is C14H8BrF3O2.